The molecule has 2 unspecified atom stereocenters. The van der Waals surface area contributed by atoms with Gasteiger partial charge in [-0.2, -0.15) is 4.99 Å². The van der Waals surface area contributed by atoms with Gasteiger partial charge in [0.15, 0.2) is 0 Å². The molecule has 3 atom stereocenters. The molecule has 7 heteroatoms. The normalized spacial score (nSPS) is 24.6. The lowest BCUT2D eigenvalue weighted by Gasteiger charge is -2.37. The Kier molecular flexibility index (Phi) is 6.73. The molecule has 3 aliphatic rings. The first-order chi connectivity index (χ1) is 14.5. The zero-order valence-electron chi connectivity index (χ0n) is 17.8. The molecule has 4 rings (SSSR count). The van der Waals surface area contributed by atoms with Crippen molar-refractivity contribution in [3.63, 3.8) is 0 Å². The van der Waals surface area contributed by atoms with E-state index in [9.17, 15) is 10.2 Å². The van der Waals surface area contributed by atoms with Crippen LogP contribution in [-0.4, -0.2) is 72.5 Å². The van der Waals surface area contributed by atoms with E-state index in [1.54, 1.807) is 0 Å². The van der Waals surface area contributed by atoms with Crippen molar-refractivity contribution in [3.05, 3.63) is 41.0 Å². The van der Waals surface area contributed by atoms with E-state index in [-0.39, 0.29) is 18.1 Å². The first kappa shape index (κ1) is 21.3. The molecule has 1 aromatic rings. The number of fused-ring (bicyclic) bond motifs is 3. The van der Waals surface area contributed by atoms with Crippen molar-refractivity contribution in [2.45, 2.75) is 51.7 Å². The SMILES string of the molecule is CC(C)C(O)CCc1ccc2c(c1)CCN1C2=CC(OC[C@@H]2COCCO2)=NC1O. The molecule has 0 bridgehead atoms. The maximum Gasteiger partial charge on any atom is 0.229 e. The maximum atomic E-state index is 10.5. The molecule has 30 heavy (non-hydrogen) atoms. The molecule has 0 amide bonds. The van der Waals surface area contributed by atoms with E-state index < -0.39 is 6.35 Å². The van der Waals surface area contributed by atoms with Gasteiger partial charge < -0.3 is 29.3 Å². The Labute approximate surface area is 178 Å². The van der Waals surface area contributed by atoms with Crippen LogP contribution in [-0.2, 0) is 27.1 Å². The molecule has 3 heterocycles. The lowest BCUT2D eigenvalue weighted by atomic mass is 9.91. The fraction of sp³-hybridized carbons (Fsp3) is 0.609. The first-order valence-corrected chi connectivity index (χ1v) is 10.9. The molecule has 0 saturated carbocycles. The smallest absolute Gasteiger partial charge is 0.229 e. The van der Waals surface area contributed by atoms with Gasteiger partial charge in [0.2, 0.25) is 12.2 Å². The Morgan fingerprint density at radius 3 is 2.93 bits per heavy atom. The van der Waals surface area contributed by atoms with Gasteiger partial charge in [-0.25, -0.2) is 0 Å². The van der Waals surface area contributed by atoms with Crippen LogP contribution in [0.1, 0.15) is 37.0 Å². The predicted molar refractivity (Wildman–Crippen MR) is 114 cm³/mol. The molecule has 1 aromatic carbocycles. The standard InChI is InChI=1S/C23H32N2O5/c1-15(2)21(26)6-4-16-3-5-19-17(11-16)7-8-25-20(19)12-22(24-23(25)27)30-14-18-13-28-9-10-29-18/h3,5,11-12,15,18,21,23,26-27H,4,6-10,13-14H2,1-2H3/t18-,21?,23?/m0/s1. The van der Waals surface area contributed by atoms with E-state index in [1.807, 2.05) is 24.8 Å². The third-order valence-corrected chi connectivity index (χ3v) is 5.96. The van der Waals surface area contributed by atoms with Crippen LogP contribution in [0.4, 0.5) is 0 Å². The molecule has 1 saturated heterocycles. The first-order valence-electron chi connectivity index (χ1n) is 10.9. The number of ether oxygens (including phenoxy) is 3. The highest BCUT2D eigenvalue weighted by atomic mass is 16.6. The zero-order chi connectivity index (χ0) is 21.1. The van der Waals surface area contributed by atoms with E-state index in [0.29, 0.717) is 38.9 Å². The number of aryl methyl sites for hydroxylation is 1. The van der Waals surface area contributed by atoms with Crippen LogP contribution in [0, 0.1) is 5.92 Å². The van der Waals surface area contributed by atoms with Gasteiger partial charge in [0.05, 0.1) is 31.6 Å². The van der Waals surface area contributed by atoms with E-state index >= 15 is 0 Å². The summed E-state index contributed by atoms with van der Waals surface area (Å²) in [5.74, 6) is 0.688. The Balaban J connectivity index is 1.46. The number of aliphatic hydroxyl groups is 2. The largest absolute Gasteiger partial charge is 0.475 e. The van der Waals surface area contributed by atoms with Gasteiger partial charge in [0.1, 0.15) is 12.7 Å². The molecular formula is C23H32N2O5. The minimum Gasteiger partial charge on any atom is -0.475 e. The van der Waals surface area contributed by atoms with Crippen molar-refractivity contribution in [1.29, 1.82) is 0 Å². The molecule has 0 aromatic heterocycles. The van der Waals surface area contributed by atoms with Crippen molar-refractivity contribution in [2.24, 2.45) is 10.9 Å². The lowest BCUT2D eigenvalue weighted by molar-refractivity contribution is -0.103. The molecule has 0 radical (unpaired) electrons. The maximum absolute atomic E-state index is 10.5. The van der Waals surface area contributed by atoms with Crippen LogP contribution >= 0.6 is 0 Å². The number of nitrogens with zero attached hydrogens (tertiary/aromatic N) is 2. The molecule has 7 nitrogen and oxygen atoms in total. The lowest BCUT2D eigenvalue weighted by Crippen LogP contribution is -2.41. The highest BCUT2D eigenvalue weighted by molar-refractivity contribution is 5.97. The molecule has 164 valence electrons. The van der Waals surface area contributed by atoms with Gasteiger partial charge in [-0.15, -0.1) is 0 Å². The molecule has 0 spiro atoms. The van der Waals surface area contributed by atoms with Gasteiger partial charge in [-0.1, -0.05) is 32.0 Å². The highest BCUT2D eigenvalue weighted by Crippen LogP contribution is 2.33. The summed E-state index contributed by atoms with van der Waals surface area (Å²) in [5.41, 5.74) is 4.52. The van der Waals surface area contributed by atoms with Gasteiger partial charge >= 0.3 is 0 Å². The van der Waals surface area contributed by atoms with Crippen LogP contribution < -0.4 is 0 Å². The van der Waals surface area contributed by atoms with Crippen LogP contribution in [0.3, 0.4) is 0 Å². The van der Waals surface area contributed by atoms with Crippen molar-refractivity contribution < 1.29 is 24.4 Å². The third kappa shape index (κ3) is 4.86. The molecule has 2 N–H and O–H groups in total. The van der Waals surface area contributed by atoms with E-state index in [0.717, 1.165) is 30.5 Å². The van der Waals surface area contributed by atoms with Gasteiger partial charge in [0.25, 0.3) is 0 Å². The third-order valence-electron chi connectivity index (χ3n) is 5.96. The topological polar surface area (TPSA) is 83.8 Å². The predicted octanol–water partition coefficient (Wildman–Crippen LogP) is 1.96. The van der Waals surface area contributed by atoms with Crippen LogP contribution in [0.5, 0.6) is 0 Å². The minimum absolute atomic E-state index is 0.114. The van der Waals surface area contributed by atoms with E-state index in [4.69, 9.17) is 14.2 Å². The number of aliphatic hydroxyl groups excluding tert-OH is 2. The van der Waals surface area contributed by atoms with E-state index in [1.165, 1.54) is 11.1 Å². The summed E-state index contributed by atoms with van der Waals surface area (Å²) in [5, 5.41) is 20.6. The number of rotatable bonds is 6. The molecular weight excluding hydrogens is 384 g/mol. The fourth-order valence-corrected chi connectivity index (χ4v) is 4.05. The van der Waals surface area contributed by atoms with Crippen LogP contribution in [0.2, 0.25) is 0 Å². The quantitative estimate of drug-likeness (QED) is 0.738. The number of hydrogen-bond acceptors (Lipinski definition) is 7. The highest BCUT2D eigenvalue weighted by Gasteiger charge is 2.30. The van der Waals surface area contributed by atoms with Crippen LogP contribution in [0.25, 0.3) is 5.70 Å². The Bertz CT molecular complexity index is 801. The number of aliphatic imine (C=N–C) groups is 1. The average Bonchev–Trinajstić information content (AvgIpc) is 2.76. The van der Waals surface area contributed by atoms with Gasteiger partial charge in [-0.05, 0) is 36.3 Å². The van der Waals surface area contributed by atoms with Gasteiger partial charge in [-0.3, -0.25) is 0 Å². The summed E-state index contributed by atoms with van der Waals surface area (Å²) >= 11 is 0. The van der Waals surface area contributed by atoms with Crippen molar-refractivity contribution in [2.75, 3.05) is 33.0 Å². The van der Waals surface area contributed by atoms with Crippen molar-refractivity contribution in [3.8, 4) is 0 Å². The molecule has 0 aliphatic carbocycles. The van der Waals surface area contributed by atoms with E-state index in [2.05, 4.69) is 23.2 Å². The molecule has 1 fully saturated rings. The average molecular weight is 417 g/mol. The second-order valence-electron chi connectivity index (χ2n) is 8.51. The Morgan fingerprint density at radius 2 is 2.17 bits per heavy atom. The fourth-order valence-electron chi connectivity index (χ4n) is 4.05. The zero-order valence-corrected chi connectivity index (χ0v) is 17.8. The Morgan fingerprint density at radius 1 is 1.30 bits per heavy atom. The summed E-state index contributed by atoms with van der Waals surface area (Å²) in [4.78, 5) is 6.18. The van der Waals surface area contributed by atoms with Gasteiger partial charge in [0, 0.05) is 18.2 Å². The summed E-state index contributed by atoms with van der Waals surface area (Å²) in [6.07, 6.45) is 3.04. The number of hydrogen-bond donors (Lipinski definition) is 2. The molecule has 3 aliphatic heterocycles. The summed E-state index contributed by atoms with van der Waals surface area (Å²) in [7, 11) is 0. The van der Waals surface area contributed by atoms with Crippen molar-refractivity contribution in [1.82, 2.24) is 4.90 Å². The minimum atomic E-state index is -0.947. The monoisotopic (exact) mass is 416 g/mol. The summed E-state index contributed by atoms with van der Waals surface area (Å²) < 4.78 is 16.8. The summed E-state index contributed by atoms with van der Waals surface area (Å²) in [6, 6.07) is 6.45. The Hall–Kier alpha value is -1.93. The second-order valence-corrected chi connectivity index (χ2v) is 8.51. The van der Waals surface area contributed by atoms with Crippen molar-refractivity contribution >= 4 is 11.6 Å². The van der Waals surface area contributed by atoms with Crippen LogP contribution in [0.15, 0.2) is 29.3 Å². The summed E-state index contributed by atoms with van der Waals surface area (Å²) in [6.45, 7) is 6.83. The second kappa shape index (κ2) is 9.47. The number of benzene rings is 1.